The molecule has 118 valence electrons. The first-order valence-corrected chi connectivity index (χ1v) is 7.74. The molecule has 3 heterocycles. The number of aromatic nitrogens is 1. The Bertz CT molecular complexity index is 589. The summed E-state index contributed by atoms with van der Waals surface area (Å²) in [5, 5.41) is 0. The summed E-state index contributed by atoms with van der Waals surface area (Å²) in [5.41, 5.74) is 2.10. The van der Waals surface area contributed by atoms with Gasteiger partial charge in [-0.25, -0.2) is 0 Å². The van der Waals surface area contributed by atoms with Gasteiger partial charge in [0.05, 0.1) is 6.54 Å². The lowest BCUT2D eigenvalue weighted by molar-refractivity contribution is -0.158. The average molecular weight is 302 g/mol. The minimum atomic E-state index is -0.314. The molecule has 0 spiro atoms. The fraction of sp³-hybridized carbons (Fsp3) is 0.562. The highest BCUT2D eigenvalue weighted by Gasteiger charge is 2.40. The largest absolute Gasteiger partial charge is 0.335 e. The Labute approximate surface area is 130 Å². The summed E-state index contributed by atoms with van der Waals surface area (Å²) in [6.07, 6.45) is 0.867. The molecular weight excluding hydrogens is 280 g/mol. The first kappa shape index (κ1) is 15.0. The van der Waals surface area contributed by atoms with E-state index in [1.165, 1.54) is 4.90 Å². The van der Waals surface area contributed by atoms with Crippen molar-refractivity contribution < 1.29 is 9.59 Å². The minimum Gasteiger partial charge on any atom is -0.335 e. The van der Waals surface area contributed by atoms with Crippen LogP contribution in [0, 0.1) is 6.92 Å². The Morgan fingerprint density at radius 2 is 2.09 bits per heavy atom. The Morgan fingerprint density at radius 3 is 2.86 bits per heavy atom. The third-order valence-corrected chi connectivity index (χ3v) is 4.45. The van der Waals surface area contributed by atoms with E-state index in [-0.39, 0.29) is 24.4 Å². The molecule has 0 aromatic carbocycles. The van der Waals surface area contributed by atoms with Gasteiger partial charge in [0.1, 0.15) is 6.04 Å². The van der Waals surface area contributed by atoms with Crippen LogP contribution in [0.4, 0.5) is 0 Å². The number of aryl methyl sites for hydroxylation is 1. The molecule has 0 aliphatic carbocycles. The van der Waals surface area contributed by atoms with Crippen LogP contribution >= 0.6 is 0 Å². The second kappa shape index (κ2) is 6.04. The second-order valence-corrected chi connectivity index (χ2v) is 6.12. The van der Waals surface area contributed by atoms with Gasteiger partial charge >= 0.3 is 0 Å². The first-order valence-electron chi connectivity index (χ1n) is 7.74. The van der Waals surface area contributed by atoms with Crippen molar-refractivity contribution in [2.75, 3.05) is 39.8 Å². The number of rotatable bonds is 3. The topological polar surface area (TPSA) is 56.8 Å². The minimum absolute atomic E-state index is 0.0537. The van der Waals surface area contributed by atoms with Gasteiger partial charge in [0.25, 0.3) is 0 Å². The highest BCUT2D eigenvalue weighted by atomic mass is 16.2. The van der Waals surface area contributed by atoms with E-state index in [4.69, 9.17) is 0 Å². The van der Waals surface area contributed by atoms with Crippen molar-refractivity contribution in [2.24, 2.45) is 0 Å². The van der Waals surface area contributed by atoms with Gasteiger partial charge in [0, 0.05) is 51.0 Å². The molecule has 2 aliphatic heterocycles. The molecule has 1 aromatic rings. The van der Waals surface area contributed by atoms with E-state index in [9.17, 15) is 9.59 Å². The van der Waals surface area contributed by atoms with Crippen LogP contribution in [0.5, 0.6) is 0 Å². The molecule has 0 unspecified atom stereocenters. The molecule has 2 saturated heterocycles. The fourth-order valence-electron chi connectivity index (χ4n) is 3.19. The van der Waals surface area contributed by atoms with Crippen molar-refractivity contribution in [3.05, 3.63) is 29.6 Å². The Morgan fingerprint density at radius 1 is 1.27 bits per heavy atom. The predicted octanol–water partition coefficient (Wildman–Crippen LogP) is -0.0827. The molecule has 6 nitrogen and oxygen atoms in total. The summed E-state index contributed by atoms with van der Waals surface area (Å²) in [4.78, 5) is 34.3. The average Bonchev–Trinajstić information content (AvgIpc) is 2.50. The van der Waals surface area contributed by atoms with Crippen molar-refractivity contribution in [3.8, 4) is 0 Å². The van der Waals surface area contributed by atoms with Gasteiger partial charge in [-0.2, -0.15) is 0 Å². The zero-order valence-electron chi connectivity index (χ0n) is 13.2. The lowest BCUT2D eigenvalue weighted by Crippen LogP contribution is -2.66. The van der Waals surface area contributed by atoms with Crippen LogP contribution in [0.3, 0.4) is 0 Å². The standard InChI is InChI=1S/C16H22N4O2/c1-12-4-3-5-13(17-12)6-7-19-8-9-20-14(10-19)16(22)18(2)11-15(20)21/h3-5,14H,6-11H2,1-2H3/t14-/m0/s1. The van der Waals surface area contributed by atoms with E-state index in [2.05, 4.69) is 9.88 Å². The molecule has 2 fully saturated rings. The summed E-state index contributed by atoms with van der Waals surface area (Å²) in [6.45, 7) is 5.16. The number of piperazine rings is 2. The maximum atomic E-state index is 12.3. The van der Waals surface area contributed by atoms with E-state index in [0.717, 1.165) is 30.9 Å². The van der Waals surface area contributed by atoms with Crippen LogP contribution < -0.4 is 0 Å². The number of pyridine rings is 1. The lowest BCUT2D eigenvalue weighted by Gasteiger charge is -2.45. The van der Waals surface area contributed by atoms with Gasteiger partial charge in [0.2, 0.25) is 11.8 Å². The Balaban J connectivity index is 1.61. The van der Waals surface area contributed by atoms with E-state index < -0.39 is 0 Å². The molecule has 1 atom stereocenters. The number of fused-ring (bicyclic) bond motifs is 1. The Hall–Kier alpha value is -1.95. The normalized spacial score (nSPS) is 22.9. The van der Waals surface area contributed by atoms with Crippen LogP contribution in [-0.4, -0.2) is 77.3 Å². The van der Waals surface area contributed by atoms with Crippen LogP contribution in [0.25, 0.3) is 0 Å². The van der Waals surface area contributed by atoms with E-state index in [0.29, 0.717) is 13.1 Å². The molecule has 2 amide bonds. The van der Waals surface area contributed by atoms with Gasteiger partial charge in [0.15, 0.2) is 0 Å². The number of carbonyl (C=O) groups is 2. The van der Waals surface area contributed by atoms with E-state index >= 15 is 0 Å². The van der Waals surface area contributed by atoms with E-state index in [1.807, 2.05) is 25.1 Å². The zero-order valence-corrected chi connectivity index (χ0v) is 13.2. The summed E-state index contributed by atoms with van der Waals surface area (Å²) in [6, 6.07) is 5.73. The maximum Gasteiger partial charge on any atom is 0.246 e. The number of hydrogen-bond acceptors (Lipinski definition) is 4. The molecule has 2 aliphatic rings. The molecule has 22 heavy (non-hydrogen) atoms. The number of amides is 2. The van der Waals surface area contributed by atoms with Crippen molar-refractivity contribution in [3.63, 3.8) is 0 Å². The summed E-state index contributed by atoms with van der Waals surface area (Å²) in [5.74, 6) is 0.116. The number of carbonyl (C=O) groups excluding carboxylic acids is 2. The number of nitrogens with zero attached hydrogens (tertiary/aromatic N) is 4. The molecule has 6 heteroatoms. The predicted molar refractivity (Wildman–Crippen MR) is 82.3 cm³/mol. The first-order chi connectivity index (χ1) is 10.5. The van der Waals surface area contributed by atoms with Crippen molar-refractivity contribution in [1.82, 2.24) is 19.7 Å². The summed E-state index contributed by atoms with van der Waals surface area (Å²) >= 11 is 0. The molecule has 1 aromatic heterocycles. The highest BCUT2D eigenvalue weighted by Crippen LogP contribution is 2.17. The quantitative estimate of drug-likeness (QED) is 0.783. The fourth-order valence-corrected chi connectivity index (χ4v) is 3.19. The van der Waals surface area contributed by atoms with Crippen LogP contribution in [0.1, 0.15) is 11.4 Å². The summed E-state index contributed by atoms with van der Waals surface area (Å²) in [7, 11) is 1.70. The molecule has 0 N–H and O–H groups in total. The van der Waals surface area contributed by atoms with Crippen molar-refractivity contribution in [2.45, 2.75) is 19.4 Å². The monoisotopic (exact) mass is 302 g/mol. The third kappa shape index (κ3) is 2.97. The molecule has 0 radical (unpaired) electrons. The van der Waals surface area contributed by atoms with Gasteiger partial charge in [-0.05, 0) is 19.1 Å². The number of likely N-dealkylation sites (N-methyl/N-ethyl adjacent to an activating group) is 1. The van der Waals surface area contributed by atoms with Crippen LogP contribution in [0.2, 0.25) is 0 Å². The zero-order chi connectivity index (χ0) is 15.7. The number of hydrogen-bond donors (Lipinski definition) is 0. The van der Waals surface area contributed by atoms with E-state index in [1.54, 1.807) is 11.9 Å². The van der Waals surface area contributed by atoms with Crippen molar-refractivity contribution in [1.29, 1.82) is 0 Å². The van der Waals surface area contributed by atoms with Gasteiger partial charge in [-0.3, -0.25) is 19.5 Å². The lowest BCUT2D eigenvalue weighted by atomic mass is 10.1. The van der Waals surface area contributed by atoms with Gasteiger partial charge in [-0.15, -0.1) is 0 Å². The van der Waals surface area contributed by atoms with Crippen LogP contribution in [-0.2, 0) is 16.0 Å². The van der Waals surface area contributed by atoms with Gasteiger partial charge < -0.3 is 9.80 Å². The van der Waals surface area contributed by atoms with Crippen LogP contribution in [0.15, 0.2) is 18.2 Å². The molecule has 0 bridgehead atoms. The van der Waals surface area contributed by atoms with Crippen molar-refractivity contribution >= 4 is 11.8 Å². The SMILES string of the molecule is Cc1cccc(CCN2CCN3C(=O)CN(C)C(=O)[C@@H]3C2)n1. The second-order valence-electron chi connectivity index (χ2n) is 6.12. The molecular formula is C16H22N4O2. The third-order valence-electron chi connectivity index (χ3n) is 4.45. The maximum absolute atomic E-state index is 12.3. The van der Waals surface area contributed by atoms with Gasteiger partial charge in [-0.1, -0.05) is 6.07 Å². The molecule has 3 rings (SSSR count). The molecule has 0 saturated carbocycles. The smallest absolute Gasteiger partial charge is 0.246 e. The Kier molecular flexibility index (Phi) is 4.11. The highest BCUT2D eigenvalue weighted by molar-refractivity contribution is 5.95. The summed E-state index contributed by atoms with van der Waals surface area (Å²) < 4.78 is 0.